The van der Waals surface area contributed by atoms with E-state index >= 15 is 0 Å². The van der Waals surface area contributed by atoms with Crippen LogP contribution in [0.2, 0.25) is 0 Å². The Balaban J connectivity index is 1.66. The molecule has 0 saturated heterocycles. The number of hydrogen-bond donors (Lipinski definition) is 1. The molecule has 0 bridgehead atoms. The van der Waals surface area contributed by atoms with E-state index in [1.165, 1.54) is 0 Å². The Labute approximate surface area is 152 Å². The Morgan fingerprint density at radius 2 is 1.50 bits per heavy atom. The molecule has 1 atom stereocenters. The van der Waals surface area contributed by atoms with Crippen LogP contribution in [-0.4, -0.2) is 10.1 Å². The van der Waals surface area contributed by atoms with Crippen molar-refractivity contribution in [3.8, 4) is 5.75 Å². The first-order valence-electron chi connectivity index (χ1n) is 8.61. The van der Waals surface area contributed by atoms with Crippen LogP contribution in [0.4, 0.5) is 0 Å². The molecule has 0 spiro atoms. The third-order valence-electron chi connectivity index (χ3n) is 4.34. The zero-order valence-electron chi connectivity index (χ0n) is 14.2. The van der Waals surface area contributed by atoms with Gasteiger partial charge in [-0.25, -0.2) is 4.98 Å². The van der Waals surface area contributed by atoms with Gasteiger partial charge in [0.05, 0.1) is 5.69 Å². The van der Waals surface area contributed by atoms with Crippen molar-refractivity contribution in [1.29, 1.82) is 0 Å². The summed E-state index contributed by atoms with van der Waals surface area (Å²) in [6, 6.07) is 29.3. The fourth-order valence-corrected chi connectivity index (χ4v) is 2.95. The molecule has 4 rings (SSSR count). The second-order valence-corrected chi connectivity index (χ2v) is 6.15. The third kappa shape index (κ3) is 3.44. The summed E-state index contributed by atoms with van der Waals surface area (Å²) < 4.78 is 6.00. The fraction of sp³-hybridized carbons (Fsp3) is 0.0870. The van der Waals surface area contributed by atoms with Gasteiger partial charge >= 0.3 is 0 Å². The highest BCUT2D eigenvalue weighted by atomic mass is 16.5. The molecular formula is C23H19NO2. The zero-order valence-corrected chi connectivity index (χ0v) is 14.2. The van der Waals surface area contributed by atoms with Gasteiger partial charge in [-0.15, -0.1) is 0 Å². The van der Waals surface area contributed by atoms with Crippen molar-refractivity contribution in [1.82, 2.24) is 4.98 Å². The average Bonchev–Trinajstić information content (AvgIpc) is 2.72. The summed E-state index contributed by atoms with van der Waals surface area (Å²) in [7, 11) is 0. The molecule has 0 radical (unpaired) electrons. The number of ether oxygens (including phenoxy) is 1. The Morgan fingerprint density at radius 3 is 2.27 bits per heavy atom. The molecule has 1 N–H and O–H groups in total. The molecule has 0 amide bonds. The van der Waals surface area contributed by atoms with E-state index in [9.17, 15) is 5.11 Å². The number of aliphatic hydroxyl groups excluding tert-OH is 1. The summed E-state index contributed by atoms with van der Waals surface area (Å²) in [6.45, 7) is 0.479. The average molecular weight is 341 g/mol. The maximum absolute atomic E-state index is 10.6. The van der Waals surface area contributed by atoms with Crippen LogP contribution in [0.25, 0.3) is 10.9 Å². The molecule has 1 aromatic heterocycles. The number of nitrogens with zero attached hydrogens (tertiary/aromatic N) is 1. The van der Waals surface area contributed by atoms with Gasteiger partial charge in [-0.05, 0) is 23.3 Å². The van der Waals surface area contributed by atoms with Crippen LogP contribution in [0.5, 0.6) is 5.75 Å². The molecule has 1 heterocycles. The minimum Gasteiger partial charge on any atom is -0.487 e. The molecule has 3 heteroatoms. The predicted octanol–water partition coefficient (Wildman–Crippen LogP) is 4.90. The van der Waals surface area contributed by atoms with Crippen LogP contribution in [0.15, 0.2) is 91.0 Å². The van der Waals surface area contributed by atoms with Crippen LogP contribution in [0.3, 0.4) is 0 Å². The number of rotatable bonds is 5. The summed E-state index contributed by atoms with van der Waals surface area (Å²) in [6.07, 6.45) is -0.761. The number of aromatic nitrogens is 1. The first-order valence-corrected chi connectivity index (χ1v) is 8.61. The van der Waals surface area contributed by atoms with Crippen molar-refractivity contribution in [2.75, 3.05) is 0 Å². The summed E-state index contributed by atoms with van der Waals surface area (Å²) >= 11 is 0. The molecular weight excluding hydrogens is 322 g/mol. The van der Waals surface area contributed by atoms with E-state index in [1.54, 1.807) is 0 Å². The molecule has 3 aromatic carbocycles. The lowest BCUT2D eigenvalue weighted by Gasteiger charge is -2.13. The standard InChI is InChI=1S/C23H19NO2/c25-23(19-10-5-2-6-11-19)20-15-14-18-12-7-13-21(22(18)24-20)26-16-17-8-3-1-4-9-17/h1-15,23,25H,16H2. The van der Waals surface area contributed by atoms with Crippen LogP contribution in [0, 0.1) is 0 Å². The van der Waals surface area contributed by atoms with Gasteiger partial charge in [-0.2, -0.15) is 0 Å². The second-order valence-electron chi connectivity index (χ2n) is 6.15. The van der Waals surface area contributed by atoms with Crippen molar-refractivity contribution in [2.24, 2.45) is 0 Å². The number of hydrogen-bond acceptors (Lipinski definition) is 3. The van der Waals surface area contributed by atoms with E-state index < -0.39 is 6.10 Å². The smallest absolute Gasteiger partial charge is 0.146 e. The van der Waals surface area contributed by atoms with Crippen molar-refractivity contribution in [3.63, 3.8) is 0 Å². The molecule has 1 unspecified atom stereocenters. The van der Waals surface area contributed by atoms with Crippen LogP contribution < -0.4 is 4.74 Å². The van der Waals surface area contributed by atoms with Gasteiger partial charge in [-0.3, -0.25) is 0 Å². The molecule has 0 saturated carbocycles. The van der Waals surface area contributed by atoms with Crippen LogP contribution in [-0.2, 0) is 6.61 Å². The number of pyridine rings is 1. The number of benzene rings is 3. The topological polar surface area (TPSA) is 42.4 Å². The van der Waals surface area contributed by atoms with Crippen LogP contribution >= 0.6 is 0 Å². The Morgan fingerprint density at radius 1 is 0.769 bits per heavy atom. The van der Waals surface area contributed by atoms with E-state index in [0.29, 0.717) is 18.1 Å². The summed E-state index contributed by atoms with van der Waals surface area (Å²) in [4.78, 5) is 4.69. The minimum atomic E-state index is -0.761. The lowest BCUT2D eigenvalue weighted by Crippen LogP contribution is -2.03. The maximum atomic E-state index is 10.6. The summed E-state index contributed by atoms with van der Waals surface area (Å²) in [5, 5.41) is 11.6. The van der Waals surface area contributed by atoms with Gasteiger partial charge in [0.1, 0.15) is 24.0 Å². The zero-order chi connectivity index (χ0) is 17.8. The highest BCUT2D eigenvalue weighted by molar-refractivity contribution is 5.84. The van der Waals surface area contributed by atoms with E-state index in [0.717, 1.165) is 22.0 Å². The van der Waals surface area contributed by atoms with Gasteiger partial charge in [-0.1, -0.05) is 78.9 Å². The Hall–Kier alpha value is -3.17. The minimum absolute atomic E-state index is 0.479. The fourth-order valence-electron chi connectivity index (χ4n) is 2.95. The SMILES string of the molecule is OC(c1ccccc1)c1ccc2cccc(OCc3ccccc3)c2n1. The highest BCUT2D eigenvalue weighted by Gasteiger charge is 2.13. The Bertz CT molecular complexity index is 1000. The number of para-hydroxylation sites is 1. The molecule has 26 heavy (non-hydrogen) atoms. The van der Waals surface area contributed by atoms with E-state index in [-0.39, 0.29) is 0 Å². The molecule has 128 valence electrons. The van der Waals surface area contributed by atoms with Gasteiger partial charge in [0.2, 0.25) is 0 Å². The predicted molar refractivity (Wildman–Crippen MR) is 103 cm³/mol. The van der Waals surface area contributed by atoms with Crippen molar-refractivity contribution >= 4 is 10.9 Å². The maximum Gasteiger partial charge on any atom is 0.146 e. The molecule has 0 fully saturated rings. The van der Waals surface area contributed by atoms with E-state index in [1.807, 2.05) is 91.0 Å². The van der Waals surface area contributed by atoms with Crippen molar-refractivity contribution in [2.45, 2.75) is 12.7 Å². The largest absolute Gasteiger partial charge is 0.487 e. The van der Waals surface area contributed by atoms with Crippen molar-refractivity contribution < 1.29 is 9.84 Å². The second kappa shape index (κ2) is 7.38. The van der Waals surface area contributed by atoms with Gasteiger partial charge in [0.25, 0.3) is 0 Å². The summed E-state index contributed by atoms with van der Waals surface area (Å²) in [5.41, 5.74) is 3.29. The molecule has 0 aliphatic carbocycles. The molecule has 0 aliphatic heterocycles. The van der Waals surface area contributed by atoms with Gasteiger partial charge in [0.15, 0.2) is 0 Å². The highest BCUT2D eigenvalue weighted by Crippen LogP contribution is 2.28. The lowest BCUT2D eigenvalue weighted by atomic mass is 10.1. The monoisotopic (exact) mass is 341 g/mol. The van der Waals surface area contributed by atoms with Gasteiger partial charge < -0.3 is 9.84 Å². The summed E-state index contributed by atoms with van der Waals surface area (Å²) in [5.74, 6) is 0.716. The first kappa shape index (κ1) is 16.3. The molecule has 3 nitrogen and oxygen atoms in total. The number of aliphatic hydroxyl groups is 1. The third-order valence-corrected chi connectivity index (χ3v) is 4.34. The molecule has 4 aromatic rings. The van der Waals surface area contributed by atoms with E-state index in [4.69, 9.17) is 4.74 Å². The first-order chi connectivity index (χ1) is 12.8. The normalized spacial score (nSPS) is 12.0. The van der Waals surface area contributed by atoms with E-state index in [2.05, 4.69) is 4.98 Å². The quantitative estimate of drug-likeness (QED) is 0.562. The van der Waals surface area contributed by atoms with Crippen molar-refractivity contribution in [3.05, 3.63) is 108 Å². The molecule has 0 aliphatic rings. The lowest BCUT2D eigenvalue weighted by molar-refractivity contribution is 0.215. The van der Waals surface area contributed by atoms with Crippen LogP contribution in [0.1, 0.15) is 22.9 Å². The number of fused-ring (bicyclic) bond motifs is 1. The van der Waals surface area contributed by atoms with Gasteiger partial charge in [0, 0.05) is 5.39 Å². The Kier molecular flexibility index (Phi) is 4.63.